The standard InChI is InChI=1S/C12H15N3O/c13-8-10-3-4-12(16)15(9-10)7-5-11-2-1-6-14-11/h1-2,6,10,14H,3-5,7,9H2. The van der Waals surface area contributed by atoms with Gasteiger partial charge in [-0.25, -0.2) is 0 Å². The molecule has 0 aliphatic carbocycles. The number of aromatic nitrogens is 1. The largest absolute Gasteiger partial charge is 0.365 e. The molecule has 0 radical (unpaired) electrons. The first-order chi connectivity index (χ1) is 7.79. The fourth-order valence-electron chi connectivity index (χ4n) is 2.01. The molecule has 4 nitrogen and oxygen atoms in total. The molecule has 1 aliphatic rings. The molecule has 1 aromatic heterocycles. The van der Waals surface area contributed by atoms with Gasteiger partial charge in [-0.2, -0.15) is 5.26 Å². The van der Waals surface area contributed by atoms with Crippen LogP contribution in [0.5, 0.6) is 0 Å². The molecule has 0 aromatic carbocycles. The maximum Gasteiger partial charge on any atom is 0.222 e. The highest BCUT2D eigenvalue weighted by Gasteiger charge is 2.24. The van der Waals surface area contributed by atoms with Crippen molar-refractivity contribution in [1.82, 2.24) is 9.88 Å². The molecule has 2 heterocycles. The summed E-state index contributed by atoms with van der Waals surface area (Å²) in [6, 6.07) is 6.21. The minimum atomic E-state index is 0.0151. The van der Waals surface area contributed by atoms with Crippen molar-refractivity contribution in [2.75, 3.05) is 13.1 Å². The first-order valence-corrected chi connectivity index (χ1v) is 5.59. The van der Waals surface area contributed by atoms with Crippen molar-refractivity contribution in [3.63, 3.8) is 0 Å². The molecular formula is C12H15N3O. The number of carbonyl (C=O) groups is 1. The predicted molar refractivity (Wildman–Crippen MR) is 59.4 cm³/mol. The number of carbonyl (C=O) groups excluding carboxylic acids is 1. The third-order valence-corrected chi connectivity index (χ3v) is 3.00. The Morgan fingerprint density at radius 3 is 3.19 bits per heavy atom. The molecule has 4 heteroatoms. The molecule has 1 amide bonds. The van der Waals surface area contributed by atoms with Crippen LogP contribution in [0.15, 0.2) is 18.3 Å². The Hall–Kier alpha value is -1.76. The van der Waals surface area contributed by atoms with E-state index in [1.165, 1.54) is 0 Å². The summed E-state index contributed by atoms with van der Waals surface area (Å²) < 4.78 is 0. The van der Waals surface area contributed by atoms with Gasteiger partial charge in [0.2, 0.25) is 5.91 Å². The number of H-pyrrole nitrogens is 1. The van der Waals surface area contributed by atoms with E-state index in [4.69, 9.17) is 5.26 Å². The van der Waals surface area contributed by atoms with Crippen LogP contribution in [0.4, 0.5) is 0 Å². The van der Waals surface area contributed by atoms with Crippen LogP contribution >= 0.6 is 0 Å². The van der Waals surface area contributed by atoms with Crippen LogP contribution in [0.3, 0.4) is 0 Å². The van der Waals surface area contributed by atoms with Crippen molar-refractivity contribution in [3.05, 3.63) is 24.0 Å². The van der Waals surface area contributed by atoms with Gasteiger partial charge in [-0.05, 0) is 18.6 Å². The van der Waals surface area contributed by atoms with Gasteiger partial charge in [-0.1, -0.05) is 0 Å². The van der Waals surface area contributed by atoms with Crippen LogP contribution in [-0.2, 0) is 11.2 Å². The van der Waals surface area contributed by atoms with Gasteiger partial charge in [-0.15, -0.1) is 0 Å². The maximum absolute atomic E-state index is 11.6. The molecule has 1 fully saturated rings. The lowest BCUT2D eigenvalue weighted by molar-refractivity contribution is -0.134. The molecule has 0 bridgehead atoms. The van der Waals surface area contributed by atoms with Crippen LogP contribution in [0, 0.1) is 17.2 Å². The van der Waals surface area contributed by atoms with Gasteiger partial charge in [0.1, 0.15) is 0 Å². The van der Waals surface area contributed by atoms with Crippen molar-refractivity contribution in [3.8, 4) is 6.07 Å². The van der Waals surface area contributed by atoms with Crippen molar-refractivity contribution >= 4 is 5.91 Å². The lowest BCUT2D eigenvalue weighted by atomic mass is 9.99. The summed E-state index contributed by atoms with van der Waals surface area (Å²) in [6.07, 6.45) is 3.94. The zero-order chi connectivity index (χ0) is 11.4. The smallest absolute Gasteiger partial charge is 0.222 e. The van der Waals surface area contributed by atoms with E-state index in [0.29, 0.717) is 25.9 Å². The Balaban J connectivity index is 1.88. The highest BCUT2D eigenvalue weighted by Crippen LogP contribution is 2.16. The van der Waals surface area contributed by atoms with Gasteiger partial charge in [0.25, 0.3) is 0 Å². The molecule has 1 N–H and O–H groups in total. The minimum Gasteiger partial charge on any atom is -0.365 e. The summed E-state index contributed by atoms with van der Waals surface area (Å²) in [4.78, 5) is 16.5. The second-order valence-corrected chi connectivity index (χ2v) is 4.15. The molecule has 1 unspecified atom stereocenters. The molecule has 1 saturated heterocycles. The second-order valence-electron chi connectivity index (χ2n) is 4.15. The van der Waals surface area contributed by atoms with Crippen LogP contribution < -0.4 is 0 Å². The number of nitrogens with one attached hydrogen (secondary N) is 1. The molecule has 0 saturated carbocycles. The van der Waals surface area contributed by atoms with Crippen LogP contribution in [-0.4, -0.2) is 28.9 Å². The van der Waals surface area contributed by atoms with Crippen molar-refractivity contribution in [2.24, 2.45) is 5.92 Å². The third-order valence-electron chi connectivity index (χ3n) is 3.00. The average molecular weight is 217 g/mol. The van der Waals surface area contributed by atoms with Gasteiger partial charge in [0, 0.05) is 37.8 Å². The van der Waals surface area contributed by atoms with Crippen LogP contribution in [0.25, 0.3) is 0 Å². The van der Waals surface area contributed by atoms with E-state index >= 15 is 0 Å². The van der Waals surface area contributed by atoms with E-state index in [1.54, 1.807) is 4.90 Å². The molecule has 0 spiro atoms. The summed E-state index contributed by atoms with van der Waals surface area (Å²) in [6.45, 7) is 1.30. The van der Waals surface area contributed by atoms with E-state index in [1.807, 2.05) is 18.3 Å². The van der Waals surface area contributed by atoms with Gasteiger partial charge in [-0.3, -0.25) is 4.79 Å². The quantitative estimate of drug-likeness (QED) is 0.830. The first-order valence-electron chi connectivity index (χ1n) is 5.59. The Morgan fingerprint density at radius 1 is 1.62 bits per heavy atom. The Morgan fingerprint density at radius 2 is 2.50 bits per heavy atom. The molecule has 1 aliphatic heterocycles. The van der Waals surface area contributed by atoms with Crippen molar-refractivity contribution < 1.29 is 4.79 Å². The van der Waals surface area contributed by atoms with Gasteiger partial charge < -0.3 is 9.88 Å². The summed E-state index contributed by atoms with van der Waals surface area (Å²) in [5.41, 5.74) is 1.13. The van der Waals surface area contributed by atoms with E-state index < -0.39 is 0 Å². The highest BCUT2D eigenvalue weighted by molar-refractivity contribution is 5.77. The normalized spacial score (nSPS) is 20.8. The van der Waals surface area contributed by atoms with E-state index in [-0.39, 0.29) is 11.8 Å². The minimum absolute atomic E-state index is 0.0151. The fraction of sp³-hybridized carbons (Fsp3) is 0.500. The molecule has 16 heavy (non-hydrogen) atoms. The Labute approximate surface area is 94.9 Å². The number of hydrogen-bond acceptors (Lipinski definition) is 2. The lowest BCUT2D eigenvalue weighted by Gasteiger charge is -2.29. The van der Waals surface area contributed by atoms with Gasteiger partial charge >= 0.3 is 0 Å². The summed E-state index contributed by atoms with van der Waals surface area (Å²) in [5.74, 6) is 0.194. The lowest BCUT2D eigenvalue weighted by Crippen LogP contribution is -2.40. The number of likely N-dealkylation sites (tertiary alicyclic amines) is 1. The molecule has 2 rings (SSSR count). The number of nitriles is 1. The Bertz CT molecular complexity index is 391. The average Bonchev–Trinajstić information content (AvgIpc) is 2.81. The third kappa shape index (κ3) is 2.43. The molecule has 1 atom stereocenters. The zero-order valence-corrected chi connectivity index (χ0v) is 9.15. The first kappa shape index (κ1) is 10.7. The summed E-state index contributed by atoms with van der Waals surface area (Å²) in [7, 11) is 0. The highest BCUT2D eigenvalue weighted by atomic mass is 16.2. The number of nitrogens with zero attached hydrogens (tertiary/aromatic N) is 2. The molecular weight excluding hydrogens is 202 g/mol. The van der Waals surface area contributed by atoms with Gasteiger partial charge in [0.05, 0.1) is 12.0 Å². The van der Waals surface area contributed by atoms with Gasteiger partial charge in [0.15, 0.2) is 0 Å². The summed E-state index contributed by atoms with van der Waals surface area (Å²) >= 11 is 0. The monoisotopic (exact) mass is 217 g/mol. The number of aromatic amines is 1. The van der Waals surface area contributed by atoms with E-state index in [9.17, 15) is 4.79 Å². The Kier molecular flexibility index (Phi) is 3.25. The second kappa shape index (κ2) is 4.84. The SMILES string of the molecule is N#CC1CCC(=O)N(CCc2ccc[nH]2)C1. The summed E-state index contributed by atoms with van der Waals surface area (Å²) in [5, 5.41) is 8.85. The zero-order valence-electron chi connectivity index (χ0n) is 9.15. The molecule has 1 aromatic rings. The van der Waals surface area contributed by atoms with Crippen molar-refractivity contribution in [2.45, 2.75) is 19.3 Å². The van der Waals surface area contributed by atoms with Crippen molar-refractivity contribution in [1.29, 1.82) is 5.26 Å². The number of rotatable bonds is 3. The van der Waals surface area contributed by atoms with E-state index in [2.05, 4.69) is 11.1 Å². The number of amides is 1. The number of piperidine rings is 1. The van der Waals surface area contributed by atoms with Crippen LogP contribution in [0.2, 0.25) is 0 Å². The maximum atomic E-state index is 11.6. The van der Waals surface area contributed by atoms with E-state index in [0.717, 1.165) is 12.1 Å². The molecule has 84 valence electrons. The topological polar surface area (TPSA) is 59.9 Å². The number of hydrogen-bond donors (Lipinski definition) is 1. The van der Waals surface area contributed by atoms with Crippen LogP contribution in [0.1, 0.15) is 18.5 Å². The predicted octanol–water partition coefficient (Wildman–Crippen LogP) is 1.32. The fourth-order valence-corrected chi connectivity index (χ4v) is 2.01.